The molecular formula is C21H27FN4O2S. The maximum Gasteiger partial charge on any atom is 0.240 e. The van der Waals surface area contributed by atoms with E-state index in [9.17, 15) is 12.8 Å². The molecule has 1 saturated carbocycles. The van der Waals surface area contributed by atoms with Gasteiger partial charge in [-0.3, -0.25) is 4.99 Å². The number of aliphatic imine (C=N–C) groups is 1. The third kappa shape index (κ3) is 5.55. The smallest absolute Gasteiger partial charge is 0.240 e. The van der Waals surface area contributed by atoms with E-state index in [4.69, 9.17) is 0 Å². The maximum atomic E-state index is 13.5. The van der Waals surface area contributed by atoms with Crippen LogP contribution in [-0.4, -0.2) is 41.1 Å². The van der Waals surface area contributed by atoms with Crippen molar-refractivity contribution in [2.75, 3.05) is 26.7 Å². The summed E-state index contributed by atoms with van der Waals surface area (Å²) in [5.41, 5.74) is 1.94. The van der Waals surface area contributed by atoms with Crippen LogP contribution in [0.15, 0.2) is 58.4 Å². The molecule has 0 aromatic heterocycles. The molecule has 0 aliphatic heterocycles. The second-order valence-electron chi connectivity index (χ2n) is 7.35. The number of nitrogens with zero attached hydrogens (tertiary/aromatic N) is 1. The molecule has 1 aliphatic rings. The van der Waals surface area contributed by atoms with E-state index in [0.717, 1.165) is 24.0 Å². The van der Waals surface area contributed by atoms with E-state index in [1.165, 1.54) is 6.07 Å². The van der Waals surface area contributed by atoms with E-state index < -0.39 is 10.0 Å². The molecule has 3 rings (SSSR count). The fourth-order valence-electron chi connectivity index (χ4n) is 3.18. The molecule has 0 bridgehead atoms. The highest BCUT2D eigenvalue weighted by atomic mass is 32.2. The quantitative estimate of drug-likeness (QED) is 0.349. The van der Waals surface area contributed by atoms with Gasteiger partial charge in [0.1, 0.15) is 5.82 Å². The SMILES string of the molecule is CN=C(NCCNS(=O)(=O)c1ccc(C)cc1)NCC1(c2cccc(F)c2)CC1. The average molecular weight is 419 g/mol. The fourth-order valence-corrected chi connectivity index (χ4v) is 4.21. The van der Waals surface area contributed by atoms with Crippen LogP contribution in [0.25, 0.3) is 0 Å². The molecule has 0 amide bonds. The first-order valence-electron chi connectivity index (χ1n) is 9.62. The molecule has 3 N–H and O–H groups in total. The molecular weight excluding hydrogens is 391 g/mol. The lowest BCUT2D eigenvalue weighted by Gasteiger charge is -2.19. The molecule has 0 atom stereocenters. The zero-order chi connectivity index (χ0) is 20.9. The molecule has 8 heteroatoms. The molecule has 2 aromatic carbocycles. The Balaban J connectivity index is 1.46. The summed E-state index contributed by atoms with van der Waals surface area (Å²) in [5.74, 6) is 0.361. The number of aryl methyl sites for hydroxylation is 1. The Hall–Kier alpha value is -2.45. The van der Waals surface area contributed by atoms with Gasteiger partial charge in [-0.15, -0.1) is 0 Å². The van der Waals surface area contributed by atoms with Crippen LogP contribution < -0.4 is 15.4 Å². The Morgan fingerprint density at radius 2 is 1.83 bits per heavy atom. The summed E-state index contributed by atoms with van der Waals surface area (Å²) in [7, 11) is -1.87. The summed E-state index contributed by atoms with van der Waals surface area (Å²) in [6, 6.07) is 13.4. The number of rotatable bonds is 8. The average Bonchev–Trinajstić information content (AvgIpc) is 3.49. The van der Waals surface area contributed by atoms with Crippen LogP contribution >= 0.6 is 0 Å². The fraction of sp³-hybridized carbons (Fsp3) is 0.381. The molecule has 156 valence electrons. The highest BCUT2D eigenvalue weighted by Crippen LogP contribution is 2.47. The minimum Gasteiger partial charge on any atom is -0.356 e. The van der Waals surface area contributed by atoms with Crippen LogP contribution in [0, 0.1) is 12.7 Å². The Morgan fingerprint density at radius 3 is 2.45 bits per heavy atom. The number of hydrogen-bond donors (Lipinski definition) is 3. The third-order valence-corrected chi connectivity index (χ3v) is 6.63. The second-order valence-corrected chi connectivity index (χ2v) is 9.12. The summed E-state index contributed by atoms with van der Waals surface area (Å²) >= 11 is 0. The first kappa shape index (κ1) is 21.3. The summed E-state index contributed by atoms with van der Waals surface area (Å²) in [5, 5.41) is 6.37. The van der Waals surface area contributed by atoms with E-state index in [0.29, 0.717) is 19.0 Å². The summed E-state index contributed by atoms with van der Waals surface area (Å²) < 4.78 is 40.7. The van der Waals surface area contributed by atoms with Gasteiger partial charge in [-0.1, -0.05) is 29.8 Å². The van der Waals surface area contributed by atoms with Crippen molar-refractivity contribution in [2.24, 2.45) is 4.99 Å². The van der Waals surface area contributed by atoms with Crippen LogP contribution in [0.2, 0.25) is 0 Å². The molecule has 0 unspecified atom stereocenters. The Bertz CT molecular complexity index is 970. The lowest BCUT2D eigenvalue weighted by atomic mass is 9.96. The molecule has 0 saturated heterocycles. The van der Waals surface area contributed by atoms with Gasteiger partial charge in [-0.2, -0.15) is 0 Å². The molecule has 1 fully saturated rings. The van der Waals surface area contributed by atoms with E-state index in [2.05, 4.69) is 20.3 Å². The topological polar surface area (TPSA) is 82.6 Å². The van der Waals surface area contributed by atoms with Gasteiger partial charge in [0.2, 0.25) is 10.0 Å². The molecule has 0 heterocycles. The number of hydrogen-bond acceptors (Lipinski definition) is 3. The summed E-state index contributed by atoms with van der Waals surface area (Å²) in [6.07, 6.45) is 1.99. The van der Waals surface area contributed by atoms with Crippen molar-refractivity contribution in [1.29, 1.82) is 0 Å². The van der Waals surface area contributed by atoms with E-state index in [-0.39, 0.29) is 22.7 Å². The van der Waals surface area contributed by atoms with E-state index in [1.54, 1.807) is 43.4 Å². The van der Waals surface area contributed by atoms with Crippen LogP contribution in [0.3, 0.4) is 0 Å². The monoisotopic (exact) mass is 418 g/mol. The second kappa shape index (κ2) is 8.92. The van der Waals surface area contributed by atoms with Gasteiger partial charge in [0.25, 0.3) is 0 Å². The van der Waals surface area contributed by atoms with Gasteiger partial charge in [0.15, 0.2) is 5.96 Å². The predicted octanol–water partition coefficient (Wildman–Crippen LogP) is 2.31. The number of halogens is 1. The van der Waals surface area contributed by atoms with Crippen molar-refractivity contribution in [3.63, 3.8) is 0 Å². The van der Waals surface area contributed by atoms with Crippen LogP contribution in [-0.2, 0) is 15.4 Å². The normalized spacial score (nSPS) is 15.8. The van der Waals surface area contributed by atoms with Crippen LogP contribution in [0.1, 0.15) is 24.0 Å². The van der Waals surface area contributed by atoms with E-state index >= 15 is 0 Å². The van der Waals surface area contributed by atoms with Crippen molar-refractivity contribution in [3.8, 4) is 0 Å². The van der Waals surface area contributed by atoms with Crippen molar-refractivity contribution in [3.05, 3.63) is 65.5 Å². The maximum absolute atomic E-state index is 13.5. The minimum absolute atomic E-state index is 0.0627. The van der Waals surface area contributed by atoms with Crippen molar-refractivity contribution < 1.29 is 12.8 Å². The molecule has 0 spiro atoms. The highest BCUT2D eigenvalue weighted by molar-refractivity contribution is 7.89. The minimum atomic E-state index is -3.53. The van der Waals surface area contributed by atoms with Crippen molar-refractivity contribution in [1.82, 2.24) is 15.4 Å². The summed E-state index contributed by atoms with van der Waals surface area (Å²) in [6.45, 7) is 3.17. The van der Waals surface area contributed by atoms with Gasteiger partial charge in [-0.25, -0.2) is 17.5 Å². The lowest BCUT2D eigenvalue weighted by Crippen LogP contribution is -2.44. The largest absolute Gasteiger partial charge is 0.356 e. The lowest BCUT2D eigenvalue weighted by molar-refractivity contribution is 0.579. The molecule has 1 aliphatic carbocycles. The van der Waals surface area contributed by atoms with Crippen LogP contribution in [0.5, 0.6) is 0 Å². The number of benzene rings is 2. The van der Waals surface area contributed by atoms with E-state index in [1.807, 2.05) is 13.0 Å². The molecule has 0 radical (unpaired) electrons. The predicted molar refractivity (Wildman–Crippen MR) is 113 cm³/mol. The van der Waals surface area contributed by atoms with Crippen molar-refractivity contribution in [2.45, 2.75) is 30.1 Å². The standard InChI is InChI=1S/C21H27FN4O2S/c1-16-6-8-19(9-7-16)29(27,28)26-13-12-24-20(23-2)25-15-21(10-11-21)17-4-3-5-18(22)14-17/h3-9,14,26H,10-13,15H2,1-2H3,(H2,23,24,25). The Labute approximate surface area is 171 Å². The first-order chi connectivity index (χ1) is 13.8. The molecule has 2 aromatic rings. The van der Waals surface area contributed by atoms with Gasteiger partial charge < -0.3 is 10.6 Å². The first-order valence-corrected chi connectivity index (χ1v) is 11.1. The van der Waals surface area contributed by atoms with Crippen LogP contribution in [0.4, 0.5) is 4.39 Å². The number of sulfonamides is 1. The molecule has 29 heavy (non-hydrogen) atoms. The summed E-state index contributed by atoms with van der Waals surface area (Å²) in [4.78, 5) is 4.42. The number of nitrogens with one attached hydrogen (secondary N) is 3. The zero-order valence-electron chi connectivity index (χ0n) is 16.7. The third-order valence-electron chi connectivity index (χ3n) is 5.15. The van der Waals surface area contributed by atoms with Gasteiger partial charge >= 0.3 is 0 Å². The molecule has 6 nitrogen and oxygen atoms in total. The number of guanidine groups is 1. The van der Waals surface area contributed by atoms with Gasteiger partial charge in [0.05, 0.1) is 4.90 Å². The Kier molecular flexibility index (Phi) is 6.54. The Morgan fingerprint density at radius 1 is 1.10 bits per heavy atom. The van der Waals surface area contributed by atoms with Crippen molar-refractivity contribution >= 4 is 16.0 Å². The van der Waals surface area contributed by atoms with Gasteiger partial charge in [-0.05, 0) is 49.6 Å². The highest BCUT2D eigenvalue weighted by Gasteiger charge is 2.44. The van der Waals surface area contributed by atoms with Gasteiger partial charge in [0, 0.05) is 32.1 Å². The zero-order valence-corrected chi connectivity index (χ0v) is 17.5.